The molecule has 8 heteroatoms. The van der Waals surface area contributed by atoms with Gasteiger partial charge in [0.25, 0.3) is 10.9 Å². The molecule has 0 atom stereocenters. The molecule has 1 amide bonds. The zero-order valence-corrected chi connectivity index (χ0v) is 14.0. The van der Waals surface area contributed by atoms with Gasteiger partial charge < -0.3 is 19.9 Å². The van der Waals surface area contributed by atoms with E-state index in [1.54, 1.807) is 11.8 Å². The molecule has 2 heterocycles. The topological polar surface area (TPSA) is 82.2 Å². The Labute approximate surface area is 140 Å². The summed E-state index contributed by atoms with van der Waals surface area (Å²) in [5, 5.41) is 3.13. The number of hydrogen-bond acceptors (Lipinski definition) is 7. The van der Waals surface area contributed by atoms with Crippen LogP contribution in [0.15, 0.2) is 9.59 Å². The minimum atomic E-state index is -0.430. The van der Waals surface area contributed by atoms with E-state index in [1.165, 1.54) is 0 Å². The Morgan fingerprint density at radius 2 is 1.71 bits per heavy atom. The third kappa shape index (κ3) is 3.44. The highest BCUT2D eigenvalue weighted by Crippen LogP contribution is 2.21. The fraction of sp³-hybridized carbons (Fsp3) is 0.688. The molecule has 0 unspecified atom stereocenters. The molecule has 0 aromatic heterocycles. The summed E-state index contributed by atoms with van der Waals surface area (Å²) in [5.41, 5.74) is 0.0795. The molecule has 0 saturated carbocycles. The minimum Gasteiger partial charge on any atom is -0.379 e. The lowest BCUT2D eigenvalue weighted by Gasteiger charge is -2.36. The first kappa shape index (κ1) is 16.9. The molecule has 8 nitrogen and oxygen atoms in total. The maximum atomic E-state index is 12.0. The molecule has 2 aliphatic heterocycles. The number of amides is 1. The maximum absolute atomic E-state index is 12.0. The zero-order valence-electron chi connectivity index (χ0n) is 14.0. The van der Waals surface area contributed by atoms with Gasteiger partial charge in [0.1, 0.15) is 11.4 Å². The van der Waals surface area contributed by atoms with Crippen LogP contribution >= 0.6 is 0 Å². The van der Waals surface area contributed by atoms with Crippen molar-refractivity contribution in [3.8, 4) is 0 Å². The largest absolute Gasteiger partial charge is 0.379 e. The number of ether oxygens (including phenoxy) is 1. The van der Waals surface area contributed by atoms with Gasteiger partial charge in [0.05, 0.1) is 13.2 Å². The first-order valence-corrected chi connectivity index (χ1v) is 8.45. The Hall–Kier alpha value is -1.93. The van der Waals surface area contributed by atoms with Gasteiger partial charge in [0.2, 0.25) is 5.91 Å². The molecular formula is C16H24N4O4. The lowest BCUT2D eigenvalue weighted by molar-refractivity contribution is -0.129. The molecule has 2 aliphatic rings. The molecule has 24 heavy (non-hydrogen) atoms. The van der Waals surface area contributed by atoms with Gasteiger partial charge in [-0.25, -0.2) is 0 Å². The Morgan fingerprint density at radius 1 is 1.04 bits per heavy atom. The standard InChI is InChI=1S/C16H24N4O4/c1-12(21)19-4-6-20(7-5-19)14-13(15(22)16(14)23)17-2-3-18-8-10-24-11-9-18/h17H,2-11H2,1H3. The average molecular weight is 336 g/mol. The van der Waals surface area contributed by atoms with Crippen molar-refractivity contribution in [1.82, 2.24) is 9.80 Å². The number of nitrogens with zero attached hydrogens (tertiary/aromatic N) is 3. The van der Waals surface area contributed by atoms with E-state index >= 15 is 0 Å². The molecule has 1 N–H and O–H groups in total. The van der Waals surface area contributed by atoms with Crippen LogP contribution in [-0.4, -0.2) is 81.3 Å². The molecule has 0 spiro atoms. The molecule has 2 fully saturated rings. The van der Waals surface area contributed by atoms with Gasteiger partial charge in [-0.05, 0) is 0 Å². The van der Waals surface area contributed by atoms with E-state index < -0.39 is 10.9 Å². The molecule has 132 valence electrons. The summed E-state index contributed by atoms with van der Waals surface area (Å²) in [5.74, 6) is 0.0449. The summed E-state index contributed by atoms with van der Waals surface area (Å²) in [4.78, 5) is 41.2. The van der Waals surface area contributed by atoms with Crippen molar-refractivity contribution in [2.75, 3.05) is 75.8 Å². The second-order valence-electron chi connectivity index (χ2n) is 6.26. The number of rotatable bonds is 5. The van der Waals surface area contributed by atoms with Crippen LogP contribution < -0.4 is 21.1 Å². The molecule has 3 rings (SSSR count). The third-order valence-corrected chi connectivity index (χ3v) is 4.76. The summed E-state index contributed by atoms with van der Waals surface area (Å²) in [6.07, 6.45) is 0. The number of piperazine rings is 1. The first-order chi connectivity index (χ1) is 11.6. The van der Waals surface area contributed by atoms with Crippen molar-refractivity contribution in [2.24, 2.45) is 0 Å². The van der Waals surface area contributed by atoms with Gasteiger partial charge in [0, 0.05) is 59.3 Å². The number of hydrogen-bond donors (Lipinski definition) is 1. The molecule has 0 aliphatic carbocycles. The third-order valence-electron chi connectivity index (χ3n) is 4.76. The monoisotopic (exact) mass is 336 g/mol. The van der Waals surface area contributed by atoms with Crippen LogP contribution in [0.25, 0.3) is 0 Å². The summed E-state index contributed by atoms with van der Waals surface area (Å²) in [6.45, 7) is 8.61. The average Bonchev–Trinajstić information content (AvgIpc) is 2.61. The van der Waals surface area contributed by atoms with Gasteiger partial charge in [-0.1, -0.05) is 0 Å². The van der Waals surface area contributed by atoms with Gasteiger partial charge in [-0.15, -0.1) is 0 Å². The van der Waals surface area contributed by atoms with E-state index in [0.717, 1.165) is 32.8 Å². The van der Waals surface area contributed by atoms with Crippen LogP contribution in [0, 0.1) is 0 Å². The molecule has 0 bridgehead atoms. The van der Waals surface area contributed by atoms with Crippen molar-refractivity contribution in [1.29, 1.82) is 0 Å². The smallest absolute Gasteiger partial charge is 0.253 e. The van der Waals surface area contributed by atoms with Crippen LogP contribution in [0.4, 0.5) is 11.4 Å². The highest BCUT2D eigenvalue weighted by atomic mass is 16.5. The van der Waals surface area contributed by atoms with Gasteiger partial charge in [-0.2, -0.15) is 0 Å². The number of nitrogens with one attached hydrogen (secondary N) is 1. The van der Waals surface area contributed by atoms with Gasteiger partial charge in [0.15, 0.2) is 0 Å². The van der Waals surface area contributed by atoms with Crippen molar-refractivity contribution in [2.45, 2.75) is 6.92 Å². The summed E-state index contributed by atoms with van der Waals surface area (Å²) in [7, 11) is 0. The highest BCUT2D eigenvalue weighted by Gasteiger charge is 2.29. The Balaban J connectivity index is 1.55. The van der Waals surface area contributed by atoms with Crippen molar-refractivity contribution < 1.29 is 9.53 Å². The number of carbonyl (C=O) groups is 1. The molecular weight excluding hydrogens is 312 g/mol. The van der Waals surface area contributed by atoms with Crippen LogP contribution in [-0.2, 0) is 9.53 Å². The summed E-state index contributed by atoms with van der Waals surface area (Å²) in [6, 6.07) is 0. The Bertz CT molecular complexity index is 653. The molecule has 1 aromatic rings. The van der Waals surface area contributed by atoms with E-state index in [-0.39, 0.29) is 5.91 Å². The maximum Gasteiger partial charge on any atom is 0.253 e. The van der Waals surface area contributed by atoms with Gasteiger partial charge in [-0.3, -0.25) is 19.3 Å². The summed E-state index contributed by atoms with van der Waals surface area (Å²) < 4.78 is 5.31. The van der Waals surface area contributed by atoms with Crippen LogP contribution in [0.2, 0.25) is 0 Å². The van der Waals surface area contributed by atoms with E-state index in [2.05, 4.69) is 10.2 Å². The Morgan fingerprint density at radius 3 is 2.33 bits per heavy atom. The number of anilines is 2. The number of morpholine rings is 1. The van der Waals surface area contributed by atoms with Crippen molar-refractivity contribution in [3.05, 3.63) is 20.4 Å². The SMILES string of the molecule is CC(=O)N1CCN(c2c(NCCN3CCOCC3)c(=O)c2=O)CC1. The minimum absolute atomic E-state index is 0.0449. The first-order valence-electron chi connectivity index (χ1n) is 8.45. The predicted molar refractivity (Wildman–Crippen MR) is 91.6 cm³/mol. The fourth-order valence-corrected chi connectivity index (χ4v) is 3.25. The molecule has 1 aromatic carbocycles. The van der Waals surface area contributed by atoms with E-state index in [4.69, 9.17) is 4.74 Å². The van der Waals surface area contributed by atoms with E-state index in [9.17, 15) is 14.4 Å². The van der Waals surface area contributed by atoms with Crippen LogP contribution in [0.3, 0.4) is 0 Å². The van der Waals surface area contributed by atoms with Gasteiger partial charge >= 0.3 is 0 Å². The summed E-state index contributed by atoms with van der Waals surface area (Å²) >= 11 is 0. The fourth-order valence-electron chi connectivity index (χ4n) is 3.25. The quantitative estimate of drug-likeness (QED) is 0.669. The Kier molecular flexibility index (Phi) is 5.15. The highest BCUT2D eigenvalue weighted by molar-refractivity contribution is 5.76. The van der Waals surface area contributed by atoms with E-state index in [0.29, 0.717) is 44.1 Å². The lowest BCUT2D eigenvalue weighted by Crippen LogP contribution is -2.52. The van der Waals surface area contributed by atoms with Crippen molar-refractivity contribution in [3.63, 3.8) is 0 Å². The number of carbonyl (C=O) groups excluding carboxylic acids is 1. The second-order valence-corrected chi connectivity index (χ2v) is 6.26. The van der Waals surface area contributed by atoms with E-state index in [1.807, 2.05) is 4.90 Å². The van der Waals surface area contributed by atoms with Crippen LogP contribution in [0.5, 0.6) is 0 Å². The normalized spacial score (nSPS) is 19.7. The van der Waals surface area contributed by atoms with Crippen LogP contribution in [0.1, 0.15) is 6.92 Å². The second kappa shape index (κ2) is 7.31. The predicted octanol–water partition coefficient (Wildman–Crippen LogP) is -1.30. The molecule has 2 saturated heterocycles. The van der Waals surface area contributed by atoms with Crippen molar-refractivity contribution >= 4 is 17.3 Å². The molecule has 0 radical (unpaired) electrons. The lowest BCUT2D eigenvalue weighted by atomic mass is 10.1. The zero-order chi connectivity index (χ0) is 17.1.